The number of amides is 2. The molecular formula is C32H30N2O3S2. The van der Waals surface area contributed by atoms with Gasteiger partial charge >= 0.3 is 0 Å². The summed E-state index contributed by atoms with van der Waals surface area (Å²) >= 11 is 6.73. The molecule has 5 fully saturated rings. The van der Waals surface area contributed by atoms with Gasteiger partial charge in [-0.3, -0.25) is 15.0 Å². The fraction of sp³-hybridized carbons (Fsp3) is 0.344. The van der Waals surface area contributed by atoms with Crippen molar-refractivity contribution in [3.8, 4) is 5.75 Å². The molecule has 0 radical (unpaired) electrons. The fourth-order valence-corrected chi connectivity index (χ4v) is 8.66. The van der Waals surface area contributed by atoms with Crippen LogP contribution in [0.5, 0.6) is 5.75 Å². The number of thioether (sulfide) groups is 1. The number of rotatable bonds is 6. The number of nitrogens with zero attached hydrogens (tertiary/aromatic N) is 1. The van der Waals surface area contributed by atoms with Gasteiger partial charge in [-0.25, -0.2) is 0 Å². The van der Waals surface area contributed by atoms with E-state index in [2.05, 4.69) is 35.8 Å². The highest BCUT2D eigenvalue weighted by Crippen LogP contribution is 2.60. The zero-order chi connectivity index (χ0) is 26.6. The Morgan fingerprint density at radius 2 is 1.64 bits per heavy atom. The van der Waals surface area contributed by atoms with Gasteiger partial charge in [0.05, 0.1) is 10.3 Å². The molecule has 8 rings (SSSR count). The van der Waals surface area contributed by atoms with E-state index < -0.39 is 0 Å². The molecule has 198 valence electrons. The predicted molar refractivity (Wildman–Crippen MR) is 158 cm³/mol. The first kappa shape index (κ1) is 24.9. The van der Waals surface area contributed by atoms with E-state index in [1.807, 2.05) is 42.5 Å². The maximum Gasteiger partial charge on any atom is 0.285 e. The maximum atomic E-state index is 13.5. The van der Waals surface area contributed by atoms with E-state index >= 15 is 0 Å². The molecule has 1 aliphatic heterocycles. The summed E-state index contributed by atoms with van der Waals surface area (Å²) in [5, 5.41) is 3.69. The van der Waals surface area contributed by atoms with Crippen molar-refractivity contribution in [3.63, 3.8) is 0 Å². The van der Waals surface area contributed by atoms with Gasteiger partial charge in [0.1, 0.15) is 12.4 Å². The number of benzene rings is 3. The van der Waals surface area contributed by atoms with Crippen molar-refractivity contribution in [3.05, 3.63) is 82.8 Å². The highest BCUT2D eigenvalue weighted by Gasteiger charge is 2.55. The van der Waals surface area contributed by atoms with E-state index in [-0.39, 0.29) is 17.2 Å². The number of fused-ring (bicyclic) bond motifs is 1. The third kappa shape index (κ3) is 4.76. The fourth-order valence-electron chi connectivity index (χ4n) is 7.48. The molecule has 4 bridgehead atoms. The smallest absolute Gasteiger partial charge is 0.285 e. The molecule has 7 heteroatoms. The van der Waals surface area contributed by atoms with E-state index in [4.69, 9.17) is 17.0 Å². The van der Waals surface area contributed by atoms with Crippen LogP contribution in [-0.4, -0.2) is 21.1 Å². The lowest BCUT2D eigenvalue weighted by atomic mass is 9.49. The minimum atomic E-state index is -0.329. The van der Waals surface area contributed by atoms with Crippen molar-refractivity contribution in [1.82, 2.24) is 10.4 Å². The first-order chi connectivity index (χ1) is 18.9. The molecule has 0 aromatic heterocycles. The lowest BCUT2D eigenvalue weighted by molar-refractivity contribution is -0.152. The molecule has 1 saturated heterocycles. The van der Waals surface area contributed by atoms with Gasteiger partial charge in [-0.2, -0.15) is 5.01 Å². The van der Waals surface area contributed by atoms with Crippen LogP contribution in [0.4, 0.5) is 0 Å². The summed E-state index contributed by atoms with van der Waals surface area (Å²) in [6.45, 7) is 0.478. The average Bonchev–Trinajstić information content (AvgIpc) is 3.19. The number of carbonyl (C=O) groups excluding carboxylic acids is 2. The second kappa shape index (κ2) is 9.79. The molecule has 3 aromatic rings. The number of hydrazine groups is 1. The number of hydrogen-bond acceptors (Lipinski definition) is 5. The molecule has 4 saturated carbocycles. The van der Waals surface area contributed by atoms with Gasteiger partial charge in [0.25, 0.3) is 5.91 Å². The molecule has 0 atom stereocenters. The summed E-state index contributed by atoms with van der Waals surface area (Å²) in [5.74, 6) is 2.45. The average molecular weight is 555 g/mol. The molecule has 2 amide bonds. The van der Waals surface area contributed by atoms with Crippen LogP contribution in [-0.2, 0) is 16.2 Å². The molecule has 4 aliphatic carbocycles. The van der Waals surface area contributed by atoms with E-state index in [9.17, 15) is 9.59 Å². The monoisotopic (exact) mass is 554 g/mol. The summed E-state index contributed by atoms with van der Waals surface area (Å²) in [4.78, 5) is 27.2. The SMILES string of the molecule is O=C1/C(=C/c2ccc(OCc3ccc4ccccc4c3)cc2)SC(=S)N1NC(=O)C12CC3CC(CC(C3)C1)C2. The topological polar surface area (TPSA) is 58.6 Å². The van der Waals surface area contributed by atoms with Crippen molar-refractivity contribution < 1.29 is 14.3 Å². The van der Waals surface area contributed by atoms with Crippen LogP contribution in [0.15, 0.2) is 71.6 Å². The van der Waals surface area contributed by atoms with Crippen molar-refractivity contribution in [2.24, 2.45) is 23.2 Å². The van der Waals surface area contributed by atoms with Crippen LogP contribution >= 0.6 is 24.0 Å². The maximum absolute atomic E-state index is 13.5. The normalized spacial score (nSPS) is 28.5. The van der Waals surface area contributed by atoms with Gasteiger partial charge < -0.3 is 4.74 Å². The Balaban J connectivity index is 0.991. The molecule has 3 aromatic carbocycles. The third-order valence-corrected chi connectivity index (χ3v) is 10.2. The number of ether oxygens (including phenoxy) is 1. The Morgan fingerprint density at radius 3 is 2.33 bits per heavy atom. The second-order valence-corrected chi connectivity index (χ2v) is 13.4. The Morgan fingerprint density at radius 1 is 0.974 bits per heavy atom. The van der Waals surface area contributed by atoms with Gasteiger partial charge in [-0.1, -0.05) is 60.3 Å². The molecule has 5 nitrogen and oxygen atoms in total. The zero-order valence-corrected chi connectivity index (χ0v) is 23.2. The van der Waals surface area contributed by atoms with E-state index in [0.29, 0.717) is 33.6 Å². The standard InChI is InChI=1S/C32H30N2O3S2/c35-29-28(39-31(38)34(29)33-30(36)32-16-22-11-23(17-32)13-24(12-22)18-32)15-20-6-9-27(10-7-20)37-19-21-5-8-25-3-1-2-4-26(25)14-21/h1-10,14-15,22-24H,11-13,16-19H2,(H,33,36)/b28-15-. The quantitative estimate of drug-likeness (QED) is 0.266. The van der Waals surface area contributed by atoms with Crippen molar-refractivity contribution in [2.75, 3.05) is 0 Å². The summed E-state index contributed by atoms with van der Waals surface area (Å²) in [6, 6.07) is 22.3. The van der Waals surface area contributed by atoms with Gasteiger partial charge in [0, 0.05) is 0 Å². The first-order valence-corrected chi connectivity index (χ1v) is 15.0. The van der Waals surface area contributed by atoms with Crippen LogP contribution in [0.25, 0.3) is 16.8 Å². The van der Waals surface area contributed by atoms with Gasteiger partial charge in [0.15, 0.2) is 4.32 Å². The highest BCUT2D eigenvalue weighted by molar-refractivity contribution is 8.26. The number of nitrogens with one attached hydrogen (secondary N) is 1. The number of carbonyl (C=O) groups is 2. The summed E-state index contributed by atoms with van der Waals surface area (Å²) in [6.07, 6.45) is 8.47. The minimum absolute atomic E-state index is 0.0212. The van der Waals surface area contributed by atoms with Crippen LogP contribution in [0.1, 0.15) is 49.7 Å². The molecule has 1 heterocycles. The van der Waals surface area contributed by atoms with Crippen LogP contribution in [0, 0.1) is 23.2 Å². The van der Waals surface area contributed by atoms with Crippen LogP contribution in [0.3, 0.4) is 0 Å². The van der Waals surface area contributed by atoms with Crippen molar-refractivity contribution in [2.45, 2.75) is 45.1 Å². The summed E-state index contributed by atoms with van der Waals surface area (Å²) in [5.41, 5.74) is 4.58. The zero-order valence-electron chi connectivity index (χ0n) is 21.6. The Kier molecular flexibility index (Phi) is 6.24. The summed E-state index contributed by atoms with van der Waals surface area (Å²) < 4.78 is 6.37. The molecular weight excluding hydrogens is 524 g/mol. The Bertz CT molecular complexity index is 1480. The van der Waals surface area contributed by atoms with E-state index in [1.165, 1.54) is 46.8 Å². The number of hydrogen-bond donors (Lipinski definition) is 1. The second-order valence-electron chi connectivity index (χ2n) is 11.7. The lowest BCUT2D eigenvalue weighted by Gasteiger charge is -2.55. The minimum Gasteiger partial charge on any atom is -0.489 e. The van der Waals surface area contributed by atoms with E-state index in [0.717, 1.165) is 36.1 Å². The molecule has 1 N–H and O–H groups in total. The molecule has 0 spiro atoms. The molecule has 0 unspecified atom stereocenters. The summed E-state index contributed by atoms with van der Waals surface area (Å²) in [7, 11) is 0. The van der Waals surface area contributed by atoms with Gasteiger partial charge in [-0.05, 0) is 115 Å². The number of thiocarbonyl (C=S) groups is 1. The Hall–Kier alpha value is -3.16. The van der Waals surface area contributed by atoms with Crippen molar-refractivity contribution in [1.29, 1.82) is 0 Å². The van der Waals surface area contributed by atoms with Gasteiger partial charge in [0.2, 0.25) is 5.91 Å². The highest BCUT2D eigenvalue weighted by atomic mass is 32.2. The van der Waals surface area contributed by atoms with Crippen LogP contribution < -0.4 is 10.2 Å². The van der Waals surface area contributed by atoms with E-state index in [1.54, 1.807) is 0 Å². The third-order valence-electron chi connectivity index (χ3n) is 8.92. The first-order valence-electron chi connectivity index (χ1n) is 13.7. The largest absolute Gasteiger partial charge is 0.489 e. The lowest BCUT2D eigenvalue weighted by Crippen LogP contribution is -2.57. The van der Waals surface area contributed by atoms with Crippen LogP contribution in [0.2, 0.25) is 0 Å². The van der Waals surface area contributed by atoms with Crippen molar-refractivity contribution >= 4 is 57.0 Å². The predicted octanol–water partition coefficient (Wildman–Crippen LogP) is 6.87. The molecule has 39 heavy (non-hydrogen) atoms. The Labute approximate surface area is 237 Å². The van der Waals surface area contributed by atoms with Gasteiger partial charge in [-0.15, -0.1) is 0 Å². The molecule has 5 aliphatic rings.